The van der Waals surface area contributed by atoms with Crippen LogP contribution in [0.3, 0.4) is 0 Å². The van der Waals surface area contributed by atoms with Gasteiger partial charge >= 0.3 is 0 Å². The van der Waals surface area contributed by atoms with Crippen LogP contribution in [0.1, 0.15) is 45.1 Å². The van der Waals surface area contributed by atoms with E-state index in [1.165, 1.54) is 0 Å². The molecule has 23 heavy (non-hydrogen) atoms. The molecular formula is C19H28N2O2. The van der Waals surface area contributed by atoms with Gasteiger partial charge in [-0.1, -0.05) is 44.2 Å². The SMILES string of the molecule is CCC(CC)C(=O)N1CCC(CC(=O)NCc2ccccc2)C1. The maximum absolute atomic E-state index is 12.4. The first-order chi connectivity index (χ1) is 11.1. The number of nitrogens with one attached hydrogen (secondary N) is 1. The van der Waals surface area contributed by atoms with Crippen molar-refractivity contribution in [1.82, 2.24) is 10.2 Å². The fourth-order valence-corrected chi connectivity index (χ4v) is 3.23. The van der Waals surface area contributed by atoms with Crippen LogP contribution < -0.4 is 5.32 Å². The highest BCUT2D eigenvalue weighted by molar-refractivity contribution is 5.79. The van der Waals surface area contributed by atoms with Crippen LogP contribution >= 0.6 is 0 Å². The van der Waals surface area contributed by atoms with Gasteiger partial charge in [0.1, 0.15) is 0 Å². The summed E-state index contributed by atoms with van der Waals surface area (Å²) in [6.45, 7) is 6.23. The second-order valence-electron chi connectivity index (χ2n) is 6.42. The lowest BCUT2D eigenvalue weighted by Gasteiger charge is -2.21. The van der Waals surface area contributed by atoms with Gasteiger partial charge in [0.25, 0.3) is 0 Å². The number of hydrogen-bond donors (Lipinski definition) is 1. The van der Waals surface area contributed by atoms with Gasteiger partial charge < -0.3 is 10.2 Å². The number of benzene rings is 1. The number of rotatable bonds is 7. The molecule has 1 saturated heterocycles. The largest absolute Gasteiger partial charge is 0.352 e. The fourth-order valence-electron chi connectivity index (χ4n) is 3.23. The predicted molar refractivity (Wildman–Crippen MR) is 91.7 cm³/mol. The lowest BCUT2D eigenvalue weighted by Crippen LogP contribution is -2.34. The zero-order valence-corrected chi connectivity index (χ0v) is 14.3. The summed E-state index contributed by atoms with van der Waals surface area (Å²) < 4.78 is 0. The Labute approximate surface area is 139 Å². The molecule has 4 nitrogen and oxygen atoms in total. The van der Waals surface area contributed by atoms with Gasteiger partial charge in [-0.25, -0.2) is 0 Å². The molecule has 1 aliphatic heterocycles. The average Bonchev–Trinajstić information content (AvgIpc) is 3.03. The van der Waals surface area contributed by atoms with E-state index in [0.29, 0.717) is 18.9 Å². The first-order valence-corrected chi connectivity index (χ1v) is 8.73. The molecule has 1 aliphatic rings. The van der Waals surface area contributed by atoms with E-state index in [1.54, 1.807) is 0 Å². The maximum Gasteiger partial charge on any atom is 0.225 e. The molecule has 2 rings (SSSR count). The topological polar surface area (TPSA) is 49.4 Å². The third kappa shape index (κ3) is 5.08. The number of carbonyl (C=O) groups is 2. The molecule has 1 atom stereocenters. The molecule has 1 heterocycles. The van der Waals surface area contributed by atoms with Crippen molar-refractivity contribution in [1.29, 1.82) is 0 Å². The van der Waals surface area contributed by atoms with Crippen molar-refractivity contribution < 1.29 is 9.59 Å². The van der Waals surface area contributed by atoms with E-state index < -0.39 is 0 Å². The second-order valence-corrected chi connectivity index (χ2v) is 6.42. The molecule has 4 heteroatoms. The van der Waals surface area contributed by atoms with Crippen molar-refractivity contribution in [2.75, 3.05) is 13.1 Å². The number of carbonyl (C=O) groups excluding carboxylic acids is 2. The molecule has 126 valence electrons. The van der Waals surface area contributed by atoms with E-state index in [4.69, 9.17) is 0 Å². The van der Waals surface area contributed by atoms with Crippen LogP contribution in [0.25, 0.3) is 0 Å². The Hall–Kier alpha value is -1.84. The third-order valence-electron chi connectivity index (χ3n) is 4.74. The quantitative estimate of drug-likeness (QED) is 0.841. The van der Waals surface area contributed by atoms with Crippen LogP contribution in [0, 0.1) is 11.8 Å². The predicted octanol–water partition coefficient (Wildman–Crippen LogP) is 2.98. The van der Waals surface area contributed by atoms with E-state index in [-0.39, 0.29) is 17.7 Å². The van der Waals surface area contributed by atoms with Gasteiger partial charge in [0.05, 0.1) is 0 Å². The number of likely N-dealkylation sites (tertiary alicyclic amines) is 1. The summed E-state index contributed by atoms with van der Waals surface area (Å²) in [7, 11) is 0. The zero-order chi connectivity index (χ0) is 16.7. The van der Waals surface area contributed by atoms with Gasteiger partial charge in [-0.2, -0.15) is 0 Å². The monoisotopic (exact) mass is 316 g/mol. The van der Waals surface area contributed by atoms with Gasteiger partial charge in [-0.15, -0.1) is 0 Å². The molecule has 1 aromatic rings. The Balaban J connectivity index is 1.74. The Morgan fingerprint density at radius 2 is 1.91 bits per heavy atom. The summed E-state index contributed by atoms with van der Waals surface area (Å²) in [5, 5.41) is 2.97. The molecule has 1 fully saturated rings. The second kappa shape index (κ2) is 8.70. The van der Waals surface area contributed by atoms with E-state index in [0.717, 1.165) is 37.9 Å². The lowest BCUT2D eigenvalue weighted by molar-refractivity contribution is -0.135. The molecular weight excluding hydrogens is 288 g/mol. The van der Waals surface area contributed by atoms with Crippen molar-refractivity contribution in [3.63, 3.8) is 0 Å². The Morgan fingerprint density at radius 1 is 1.22 bits per heavy atom. The molecule has 0 radical (unpaired) electrons. The van der Waals surface area contributed by atoms with Crippen molar-refractivity contribution in [3.05, 3.63) is 35.9 Å². The van der Waals surface area contributed by atoms with Gasteiger partial charge in [0.2, 0.25) is 11.8 Å². The molecule has 0 aromatic heterocycles. The standard InChI is InChI=1S/C19H28N2O2/c1-3-17(4-2)19(23)21-11-10-16(14-21)12-18(22)20-13-15-8-6-5-7-9-15/h5-9,16-17H,3-4,10-14H2,1-2H3,(H,20,22). The van der Waals surface area contributed by atoms with Crippen LogP contribution in [-0.4, -0.2) is 29.8 Å². The third-order valence-corrected chi connectivity index (χ3v) is 4.74. The average molecular weight is 316 g/mol. The molecule has 1 unspecified atom stereocenters. The Kier molecular flexibility index (Phi) is 6.63. The van der Waals surface area contributed by atoms with Crippen molar-refractivity contribution in [2.24, 2.45) is 11.8 Å². The van der Waals surface area contributed by atoms with E-state index >= 15 is 0 Å². The summed E-state index contributed by atoms with van der Waals surface area (Å²) in [5.41, 5.74) is 1.11. The molecule has 0 spiro atoms. The minimum Gasteiger partial charge on any atom is -0.352 e. The minimum atomic E-state index is 0.0793. The Bertz CT molecular complexity index is 511. The number of amides is 2. The van der Waals surface area contributed by atoms with Crippen LogP contribution in [0.15, 0.2) is 30.3 Å². The van der Waals surface area contributed by atoms with Gasteiger partial charge in [0.15, 0.2) is 0 Å². The number of nitrogens with zero attached hydrogens (tertiary/aromatic N) is 1. The van der Waals surface area contributed by atoms with Crippen molar-refractivity contribution in [2.45, 2.75) is 46.1 Å². The van der Waals surface area contributed by atoms with Crippen LogP contribution in [0.2, 0.25) is 0 Å². The van der Waals surface area contributed by atoms with Crippen LogP contribution in [0.5, 0.6) is 0 Å². The highest BCUT2D eigenvalue weighted by atomic mass is 16.2. The van der Waals surface area contributed by atoms with Crippen molar-refractivity contribution in [3.8, 4) is 0 Å². The highest BCUT2D eigenvalue weighted by Crippen LogP contribution is 2.23. The summed E-state index contributed by atoms with van der Waals surface area (Å²) >= 11 is 0. The molecule has 1 N–H and O–H groups in total. The summed E-state index contributed by atoms with van der Waals surface area (Å²) in [5.74, 6) is 0.780. The summed E-state index contributed by atoms with van der Waals surface area (Å²) in [6, 6.07) is 9.92. The molecule has 0 bridgehead atoms. The van der Waals surface area contributed by atoms with Gasteiger partial charge in [-0.05, 0) is 30.7 Å². The van der Waals surface area contributed by atoms with Gasteiger partial charge in [-0.3, -0.25) is 9.59 Å². The van der Waals surface area contributed by atoms with Crippen molar-refractivity contribution >= 4 is 11.8 Å². The first kappa shape index (κ1) is 17.5. The molecule has 0 aliphatic carbocycles. The van der Waals surface area contributed by atoms with E-state index in [1.807, 2.05) is 35.2 Å². The maximum atomic E-state index is 12.4. The van der Waals surface area contributed by atoms with Crippen LogP contribution in [0.4, 0.5) is 0 Å². The van der Waals surface area contributed by atoms with E-state index in [9.17, 15) is 9.59 Å². The summed E-state index contributed by atoms with van der Waals surface area (Å²) in [6.07, 6.45) is 3.24. The zero-order valence-electron chi connectivity index (χ0n) is 14.3. The smallest absolute Gasteiger partial charge is 0.225 e. The van der Waals surface area contributed by atoms with Crippen LogP contribution in [-0.2, 0) is 16.1 Å². The fraction of sp³-hybridized carbons (Fsp3) is 0.579. The Morgan fingerprint density at radius 3 is 2.57 bits per heavy atom. The number of hydrogen-bond acceptors (Lipinski definition) is 2. The molecule has 0 saturated carbocycles. The highest BCUT2D eigenvalue weighted by Gasteiger charge is 2.30. The molecule has 2 amide bonds. The normalized spacial score (nSPS) is 17.5. The lowest BCUT2D eigenvalue weighted by atomic mass is 10.0. The minimum absolute atomic E-state index is 0.0793. The van der Waals surface area contributed by atoms with E-state index in [2.05, 4.69) is 19.2 Å². The molecule has 1 aromatic carbocycles. The summed E-state index contributed by atoms with van der Waals surface area (Å²) in [4.78, 5) is 26.4. The van der Waals surface area contributed by atoms with Gasteiger partial charge in [0, 0.05) is 32.0 Å². The first-order valence-electron chi connectivity index (χ1n) is 8.73.